The number of likely N-dealkylation sites (N-methyl/N-ethyl adjacent to an activating group) is 1. The molecule has 5 heteroatoms. The number of ether oxygens (including phenoxy) is 1. The van der Waals surface area contributed by atoms with Crippen LogP contribution in [0.3, 0.4) is 0 Å². The molecule has 2 heterocycles. The van der Waals surface area contributed by atoms with Crippen LogP contribution in [0.2, 0.25) is 0 Å². The number of rotatable bonds is 3. The van der Waals surface area contributed by atoms with Crippen molar-refractivity contribution in [3.05, 3.63) is 99.8 Å². The third-order valence-corrected chi connectivity index (χ3v) is 5.11. The van der Waals surface area contributed by atoms with Gasteiger partial charge < -0.3 is 9.64 Å². The van der Waals surface area contributed by atoms with Gasteiger partial charge in [0.2, 0.25) is 0 Å². The van der Waals surface area contributed by atoms with E-state index in [9.17, 15) is 9.59 Å². The Balaban J connectivity index is 1.95. The Morgan fingerprint density at radius 3 is 2.00 bits per heavy atom. The van der Waals surface area contributed by atoms with Crippen molar-refractivity contribution in [1.29, 1.82) is 0 Å². The first kappa shape index (κ1) is 17.1. The van der Waals surface area contributed by atoms with Gasteiger partial charge in [0, 0.05) is 13.1 Å². The summed E-state index contributed by atoms with van der Waals surface area (Å²) in [5.74, 6) is 0.189. The lowest BCUT2D eigenvalue weighted by Crippen LogP contribution is -2.26. The van der Waals surface area contributed by atoms with Crippen LogP contribution in [0.4, 0.5) is 5.82 Å². The summed E-state index contributed by atoms with van der Waals surface area (Å²) in [4.78, 5) is 27.0. The third-order valence-electron chi connectivity index (χ3n) is 5.11. The van der Waals surface area contributed by atoms with E-state index in [1.54, 1.807) is 10.6 Å². The monoisotopic (exact) mass is 360 g/mol. The van der Waals surface area contributed by atoms with E-state index >= 15 is 0 Å². The van der Waals surface area contributed by atoms with Gasteiger partial charge in [-0.1, -0.05) is 60.7 Å². The molecule has 0 radical (unpaired) electrons. The minimum absolute atomic E-state index is 0.0609. The van der Waals surface area contributed by atoms with Crippen molar-refractivity contribution in [3.8, 4) is 0 Å². The Kier molecular flexibility index (Phi) is 4.28. The quantitative estimate of drug-likeness (QED) is 0.672. The number of aromatic nitrogens is 1. The summed E-state index contributed by atoms with van der Waals surface area (Å²) in [6.45, 7) is 0. The molecule has 27 heavy (non-hydrogen) atoms. The Bertz CT molecular complexity index is 1030. The lowest BCUT2D eigenvalue weighted by Gasteiger charge is -2.26. The number of hydrogen-bond donors (Lipinski definition) is 0. The number of pyridine rings is 1. The maximum Gasteiger partial charge on any atom is 0.338 e. The fourth-order valence-corrected chi connectivity index (χ4v) is 3.89. The number of anilines is 1. The summed E-state index contributed by atoms with van der Waals surface area (Å²) in [7, 11) is 3.27. The minimum Gasteiger partial charge on any atom is -0.465 e. The molecule has 0 saturated heterocycles. The maximum atomic E-state index is 13.0. The second-order valence-electron chi connectivity index (χ2n) is 6.62. The lowest BCUT2D eigenvalue weighted by molar-refractivity contribution is 0.0600. The van der Waals surface area contributed by atoms with E-state index in [4.69, 9.17) is 4.74 Å². The minimum atomic E-state index is -0.511. The zero-order valence-corrected chi connectivity index (χ0v) is 15.2. The number of benzene rings is 2. The second kappa shape index (κ2) is 6.76. The molecule has 1 aromatic heterocycles. The molecule has 2 aromatic carbocycles. The van der Waals surface area contributed by atoms with E-state index in [1.165, 1.54) is 13.2 Å². The number of carbonyl (C=O) groups excluding carboxylic acids is 1. The second-order valence-corrected chi connectivity index (χ2v) is 6.62. The van der Waals surface area contributed by atoms with Crippen LogP contribution >= 0.6 is 0 Å². The highest BCUT2D eigenvalue weighted by molar-refractivity contribution is 5.90. The van der Waals surface area contributed by atoms with Gasteiger partial charge in [-0.25, -0.2) is 4.79 Å². The highest BCUT2D eigenvalue weighted by atomic mass is 16.5. The molecule has 1 aliphatic heterocycles. The molecule has 4 rings (SSSR count). The summed E-state index contributed by atoms with van der Waals surface area (Å²) >= 11 is 0. The standard InChI is InChI=1S/C22H20N2O3/c1-23-18-13-17(22(26)27-2)14-19(25)24(18)21(16-11-7-4-8-12-16)20(23)15-9-5-3-6-10-15/h3-14,20-21H,1-2H3/t20-,21-/m0/s1. The van der Waals surface area contributed by atoms with Gasteiger partial charge in [-0.15, -0.1) is 0 Å². The number of carbonyl (C=O) groups is 1. The SMILES string of the molecule is COC(=O)c1cc2n(c(=O)c1)[C@@H](c1ccccc1)[C@H](c1ccccc1)N2C. The molecule has 5 nitrogen and oxygen atoms in total. The molecular weight excluding hydrogens is 340 g/mol. The largest absolute Gasteiger partial charge is 0.465 e. The average Bonchev–Trinajstić information content (AvgIpc) is 3.02. The van der Waals surface area contributed by atoms with Gasteiger partial charge in [0.15, 0.2) is 0 Å². The van der Waals surface area contributed by atoms with Crippen molar-refractivity contribution in [2.75, 3.05) is 19.1 Å². The van der Waals surface area contributed by atoms with Crippen LogP contribution in [-0.4, -0.2) is 24.7 Å². The predicted octanol–water partition coefficient (Wildman–Crippen LogP) is 3.42. The van der Waals surface area contributed by atoms with Gasteiger partial charge in [-0.05, 0) is 17.2 Å². The van der Waals surface area contributed by atoms with Gasteiger partial charge in [-0.2, -0.15) is 0 Å². The first-order valence-corrected chi connectivity index (χ1v) is 8.79. The predicted molar refractivity (Wildman–Crippen MR) is 104 cm³/mol. The normalized spacial score (nSPS) is 18.2. The Hall–Kier alpha value is -3.34. The topological polar surface area (TPSA) is 51.5 Å². The zero-order chi connectivity index (χ0) is 19.0. The first-order valence-electron chi connectivity index (χ1n) is 8.79. The highest BCUT2D eigenvalue weighted by Gasteiger charge is 2.39. The number of nitrogens with zero attached hydrogens (tertiary/aromatic N) is 2. The number of hydrogen-bond acceptors (Lipinski definition) is 4. The number of esters is 1. The summed E-state index contributed by atoms with van der Waals surface area (Å²) in [6, 6.07) is 22.9. The molecule has 3 aromatic rings. The van der Waals surface area contributed by atoms with Crippen molar-refractivity contribution in [3.63, 3.8) is 0 Å². The molecule has 2 atom stereocenters. The van der Waals surface area contributed by atoms with E-state index in [0.717, 1.165) is 11.1 Å². The molecule has 0 N–H and O–H groups in total. The van der Waals surface area contributed by atoms with Gasteiger partial charge in [0.1, 0.15) is 5.82 Å². The third kappa shape index (κ3) is 2.81. The van der Waals surface area contributed by atoms with Gasteiger partial charge >= 0.3 is 5.97 Å². The van der Waals surface area contributed by atoms with Crippen LogP contribution < -0.4 is 10.5 Å². The van der Waals surface area contributed by atoms with E-state index < -0.39 is 5.97 Å². The molecule has 0 aliphatic carbocycles. The summed E-state index contributed by atoms with van der Waals surface area (Å²) in [5, 5.41) is 0. The summed E-state index contributed by atoms with van der Waals surface area (Å²) in [5.41, 5.74) is 2.20. The van der Waals surface area contributed by atoms with E-state index in [2.05, 4.69) is 17.0 Å². The van der Waals surface area contributed by atoms with Crippen LogP contribution in [0.25, 0.3) is 0 Å². The fourth-order valence-electron chi connectivity index (χ4n) is 3.89. The van der Waals surface area contributed by atoms with Gasteiger partial charge in [-0.3, -0.25) is 9.36 Å². The smallest absolute Gasteiger partial charge is 0.338 e. The van der Waals surface area contributed by atoms with Crippen LogP contribution in [-0.2, 0) is 4.74 Å². The van der Waals surface area contributed by atoms with Crippen molar-refractivity contribution in [2.24, 2.45) is 0 Å². The zero-order valence-electron chi connectivity index (χ0n) is 15.2. The van der Waals surface area contributed by atoms with Crippen LogP contribution in [0.15, 0.2) is 77.6 Å². The van der Waals surface area contributed by atoms with Crippen LogP contribution in [0, 0.1) is 0 Å². The Morgan fingerprint density at radius 1 is 0.889 bits per heavy atom. The molecule has 0 amide bonds. The molecular formula is C22H20N2O3. The van der Waals surface area contributed by atoms with Crippen molar-refractivity contribution in [1.82, 2.24) is 4.57 Å². The van der Waals surface area contributed by atoms with Crippen LogP contribution in [0.1, 0.15) is 33.6 Å². The van der Waals surface area contributed by atoms with Crippen molar-refractivity contribution in [2.45, 2.75) is 12.1 Å². The highest BCUT2D eigenvalue weighted by Crippen LogP contribution is 2.45. The fraction of sp³-hybridized carbons (Fsp3) is 0.182. The maximum absolute atomic E-state index is 13.0. The number of fused-ring (bicyclic) bond motifs is 1. The Morgan fingerprint density at radius 2 is 1.44 bits per heavy atom. The summed E-state index contributed by atoms with van der Waals surface area (Å²) < 4.78 is 6.57. The van der Waals surface area contributed by atoms with Gasteiger partial charge in [0.05, 0.1) is 24.8 Å². The molecule has 0 spiro atoms. The molecule has 1 aliphatic rings. The number of methoxy groups -OCH3 is 1. The molecule has 0 saturated carbocycles. The van der Waals surface area contributed by atoms with Crippen molar-refractivity contribution >= 4 is 11.8 Å². The van der Waals surface area contributed by atoms with E-state index in [-0.39, 0.29) is 23.2 Å². The van der Waals surface area contributed by atoms with Gasteiger partial charge in [0.25, 0.3) is 5.56 Å². The van der Waals surface area contributed by atoms with Crippen LogP contribution in [0.5, 0.6) is 0 Å². The lowest BCUT2D eigenvalue weighted by atomic mass is 9.94. The molecule has 0 bridgehead atoms. The van der Waals surface area contributed by atoms with E-state index in [1.807, 2.05) is 55.6 Å². The average molecular weight is 360 g/mol. The molecule has 0 fully saturated rings. The van der Waals surface area contributed by atoms with Crippen molar-refractivity contribution < 1.29 is 9.53 Å². The Labute approximate surface area is 157 Å². The molecule has 136 valence electrons. The first-order chi connectivity index (χ1) is 13.1. The summed E-state index contributed by atoms with van der Waals surface area (Å²) in [6.07, 6.45) is 0. The van der Waals surface area contributed by atoms with E-state index in [0.29, 0.717) is 5.82 Å². The molecule has 0 unspecified atom stereocenters.